The Bertz CT molecular complexity index is 465. The third-order valence-electron chi connectivity index (χ3n) is 3.95. The lowest BCUT2D eigenvalue weighted by Crippen LogP contribution is -2.50. The molecule has 1 saturated heterocycles. The van der Waals surface area contributed by atoms with Crippen molar-refractivity contribution in [2.45, 2.75) is 31.5 Å². The molecule has 1 aromatic rings. The summed E-state index contributed by atoms with van der Waals surface area (Å²) in [7, 11) is 0. The van der Waals surface area contributed by atoms with Crippen molar-refractivity contribution in [3.63, 3.8) is 0 Å². The van der Waals surface area contributed by atoms with Crippen LogP contribution in [0, 0.1) is 0 Å². The third kappa shape index (κ3) is 3.86. The summed E-state index contributed by atoms with van der Waals surface area (Å²) in [5, 5.41) is 5.12. The molecule has 1 aromatic carbocycles. The van der Waals surface area contributed by atoms with E-state index in [4.69, 9.17) is 27.9 Å². The molecule has 0 radical (unpaired) electrons. The van der Waals surface area contributed by atoms with Crippen LogP contribution < -0.4 is 5.32 Å². The van der Waals surface area contributed by atoms with Crippen LogP contribution in [0.5, 0.6) is 0 Å². The standard InChI is InChI=1S/C15H20Cl2N2O/c16-12-1-4-15(17)11(7-12)9-19-5-6-20-10-14(19)8-18-13-2-3-13/h1,4,7,13-14,18H,2-3,5-6,8-10H2. The second-order valence-electron chi connectivity index (χ2n) is 5.62. The summed E-state index contributed by atoms with van der Waals surface area (Å²) < 4.78 is 5.62. The molecular weight excluding hydrogens is 295 g/mol. The summed E-state index contributed by atoms with van der Waals surface area (Å²) in [5.74, 6) is 0. The highest BCUT2D eigenvalue weighted by molar-refractivity contribution is 6.33. The van der Waals surface area contributed by atoms with Crippen molar-refractivity contribution in [2.24, 2.45) is 0 Å². The van der Waals surface area contributed by atoms with Gasteiger partial charge in [0.1, 0.15) is 0 Å². The molecule has 0 aromatic heterocycles. The monoisotopic (exact) mass is 314 g/mol. The molecule has 0 spiro atoms. The van der Waals surface area contributed by atoms with Gasteiger partial charge in [0.25, 0.3) is 0 Å². The van der Waals surface area contributed by atoms with Crippen molar-refractivity contribution in [2.75, 3.05) is 26.3 Å². The van der Waals surface area contributed by atoms with Gasteiger partial charge in [0.05, 0.1) is 13.2 Å². The minimum Gasteiger partial charge on any atom is -0.378 e. The van der Waals surface area contributed by atoms with Gasteiger partial charge in [0, 0.05) is 41.8 Å². The van der Waals surface area contributed by atoms with Gasteiger partial charge < -0.3 is 10.1 Å². The zero-order chi connectivity index (χ0) is 13.9. The van der Waals surface area contributed by atoms with Crippen molar-refractivity contribution < 1.29 is 4.74 Å². The first-order chi connectivity index (χ1) is 9.72. The topological polar surface area (TPSA) is 24.5 Å². The predicted molar refractivity (Wildman–Crippen MR) is 82.5 cm³/mol. The fourth-order valence-corrected chi connectivity index (χ4v) is 2.93. The van der Waals surface area contributed by atoms with E-state index >= 15 is 0 Å². The first-order valence-corrected chi connectivity index (χ1v) is 7.97. The van der Waals surface area contributed by atoms with Crippen LogP contribution in [0.15, 0.2) is 18.2 Å². The van der Waals surface area contributed by atoms with Crippen LogP contribution in [-0.2, 0) is 11.3 Å². The largest absolute Gasteiger partial charge is 0.378 e. The highest BCUT2D eigenvalue weighted by atomic mass is 35.5. The third-order valence-corrected chi connectivity index (χ3v) is 4.55. The molecule has 0 bridgehead atoms. The Morgan fingerprint density at radius 2 is 2.15 bits per heavy atom. The van der Waals surface area contributed by atoms with Crippen molar-refractivity contribution in [1.82, 2.24) is 10.2 Å². The molecule has 3 rings (SSSR count). The van der Waals surface area contributed by atoms with E-state index in [-0.39, 0.29) is 0 Å². The van der Waals surface area contributed by atoms with E-state index in [0.29, 0.717) is 6.04 Å². The van der Waals surface area contributed by atoms with Gasteiger partial charge in [0.15, 0.2) is 0 Å². The van der Waals surface area contributed by atoms with Crippen LogP contribution in [-0.4, -0.2) is 43.3 Å². The average Bonchev–Trinajstić information content (AvgIpc) is 3.26. The van der Waals surface area contributed by atoms with Crippen LogP contribution in [0.2, 0.25) is 10.0 Å². The lowest BCUT2D eigenvalue weighted by molar-refractivity contribution is -0.0110. The van der Waals surface area contributed by atoms with Gasteiger partial charge in [-0.15, -0.1) is 0 Å². The van der Waals surface area contributed by atoms with Crippen molar-refractivity contribution in [1.29, 1.82) is 0 Å². The van der Waals surface area contributed by atoms with E-state index in [1.165, 1.54) is 12.8 Å². The number of nitrogens with zero attached hydrogens (tertiary/aromatic N) is 1. The van der Waals surface area contributed by atoms with Gasteiger partial charge >= 0.3 is 0 Å². The summed E-state index contributed by atoms with van der Waals surface area (Å²) in [4.78, 5) is 2.44. The lowest BCUT2D eigenvalue weighted by Gasteiger charge is -2.36. The highest BCUT2D eigenvalue weighted by Crippen LogP contribution is 2.24. The second-order valence-corrected chi connectivity index (χ2v) is 6.46. The van der Waals surface area contributed by atoms with Gasteiger partial charge in [-0.05, 0) is 36.6 Å². The Kier molecular flexibility index (Phi) is 4.84. The number of nitrogens with one attached hydrogen (secondary N) is 1. The Morgan fingerprint density at radius 1 is 1.30 bits per heavy atom. The molecule has 1 N–H and O–H groups in total. The molecule has 1 atom stereocenters. The molecule has 2 fully saturated rings. The number of rotatable bonds is 5. The normalized spacial score (nSPS) is 24.0. The lowest BCUT2D eigenvalue weighted by atomic mass is 10.1. The molecule has 1 saturated carbocycles. The zero-order valence-electron chi connectivity index (χ0n) is 11.4. The molecule has 20 heavy (non-hydrogen) atoms. The zero-order valence-corrected chi connectivity index (χ0v) is 13.0. The molecule has 1 aliphatic carbocycles. The van der Waals surface area contributed by atoms with E-state index in [9.17, 15) is 0 Å². The van der Waals surface area contributed by atoms with Crippen molar-refractivity contribution >= 4 is 23.2 Å². The summed E-state index contributed by atoms with van der Waals surface area (Å²) in [6, 6.07) is 6.81. The summed E-state index contributed by atoms with van der Waals surface area (Å²) in [6.07, 6.45) is 2.63. The molecule has 5 heteroatoms. The fraction of sp³-hybridized carbons (Fsp3) is 0.600. The van der Waals surface area contributed by atoms with Gasteiger partial charge in [-0.25, -0.2) is 0 Å². The predicted octanol–water partition coefficient (Wildman–Crippen LogP) is 2.95. The van der Waals surface area contributed by atoms with Crippen LogP contribution >= 0.6 is 23.2 Å². The van der Waals surface area contributed by atoms with Crippen LogP contribution in [0.25, 0.3) is 0 Å². The van der Waals surface area contributed by atoms with Crippen molar-refractivity contribution in [3.8, 4) is 0 Å². The first kappa shape index (κ1) is 14.6. The number of hydrogen-bond donors (Lipinski definition) is 1. The number of benzene rings is 1. The Hall–Kier alpha value is -0.320. The van der Waals surface area contributed by atoms with Crippen LogP contribution in [0.3, 0.4) is 0 Å². The van der Waals surface area contributed by atoms with E-state index < -0.39 is 0 Å². The maximum Gasteiger partial charge on any atom is 0.0635 e. The molecule has 1 aliphatic heterocycles. The van der Waals surface area contributed by atoms with E-state index in [1.54, 1.807) is 0 Å². The van der Waals surface area contributed by atoms with E-state index in [2.05, 4.69) is 10.2 Å². The van der Waals surface area contributed by atoms with Gasteiger partial charge in [-0.2, -0.15) is 0 Å². The maximum atomic E-state index is 6.27. The van der Waals surface area contributed by atoms with Crippen LogP contribution in [0.4, 0.5) is 0 Å². The Morgan fingerprint density at radius 3 is 2.95 bits per heavy atom. The molecule has 110 valence electrons. The Labute approximate surface area is 130 Å². The SMILES string of the molecule is Clc1ccc(Cl)c(CN2CCOCC2CNC2CC2)c1. The number of morpholine rings is 1. The molecular formula is C15H20Cl2N2O. The van der Waals surface area contributed by atoms with Gasteiger partial charge in [-0.1, -0.05) is 23.2 Å². The smallest absolute Gasteiger partial charge is 0.0635 e. The van der Waals surface area contributed by atoms with E-state index in [1.807, 2.05) is 18.2 Å². The minimum atomic E-state index is 0.416. The molecule has 2 aliphatic rings. The summed E-state index contributed by atoms with van der Waals surface area (Å²) in [5.41, 5.74) is 1.09. The molecule has 1 heterocycles. The summed E-state index contributed by atoms with van der Waals surface area (Å²) >= 11 is 12.3. The molecule has 0 amide bonds. The fourth-order valence-electron chi connectivity index (χ4n) is 2.56. The van der Waals surface area contributed by atoms with Crippen LogP contribution in [0.1, 0.15) is 18.4 Å². The van der Waals surface area contributed by atoms with Gasteiger partial charge in [-0.3, -0.25) is 4.90 Å². The molecule has 1 unspecified atom stereocenters. The second kappa shape index (κ2) is 6.63. The number of halogens is 2. The quantitative estimate of drug-likeness (QED) is 0.904. The number of ether oxygens (including phenoxy) is 1. The van der Waals surface area contributed by atoms with Gasteiger partial charge in [0.2, 0.25) is 0 Å². The molecule has 3 nitrogen and oxygen atoms in total. The highest BCUT2D eigenvalue weighted by Gasteiger charge is 2.27. The summed E-state index contributed by atoms with van der Waals surface area (Å²) in [6.45, 7) is 4.35. The van der Waals surface area contributed by atoms with E-state index in [0.717, 1.165) is 54.5 Å². The average molecular weight is 315 g/mol. The number of hydrogen-bond acceptors (Lipinski definition) is 3. The first-order valence-electron chi connectivity index (χ1n) is 7.21. The van der Waals surface area contributed by atoms with Crippen molar-refractivity contribution in [3.05, 3.63) is 33.8 Å². The maximum absolute atomic E-state index is 6.27. The Balaban J connectivity index is 1.64. The minimum absolute atomic E-state index is 0.416.